The van der Waals surface area contributed by atoms with Crippen molar-refractivity contribution in [3.63, 3.8) is 0 Å². The van der Waals surface area contributed by atoms with Crippen molar-refractivity contribution in [3.05, 3.63) is 59.4 Å². The maximum absolute atomic E-state index is 13.2. The number of amides is 1. The van der Waals surface area contributed by atoms with Crippen LogP contribution < -0.4 is 9.47 Å². The second kappa shape index (κ2) is 9.92. The minimum atomic E-state index is -0.245. The van der Waals surface area contributed by atoms with Gasteiger partial charge >= 0.3 is 0 Å². The molecule has 0 bridgehead atoms. The Labute approximate surface area is 182 Å². The first kappa shape index (κ1) is 22.7. The number of benzene rings is 2. The van der Waals surface area contributed by atoms with E-state index in [2.05, 4.69) is 11.8 Å². The number of ketones is 1. The van der Waals surface area contributed by atoms with Gasteiger partial charge in [0.2, 0.25) is 0 Å². The van der Waals surface area contributed by atoms with E-state index >= 15 is 0 Å². The van der Waals surface area contributed by atoms with Crippen LogP contribution in [0.15, 0.2) is 42.5 Å². The van der Waals surface area contributed by atoms with Crippen LogP contribution in [0.2, 0.25) is 0 Å². The zero-order chi connectivity index (χ0) is 22.5. The fraction of sp³-hybridized carbons (Fsp3) is 0.417. The number of halogens is 1. The van der Waals surface area contributed by atoms with Crippen molar-refractivity contribution in [2.75, 3.05) is 26.8 Å². The van der Waals surface area contributed by atoms with Crippen LogP contribution >= 0.6 is 0 Å². The molecule has 166 valence electrons. The number of methoxy groups -OCH3 is 1. The predicted molar refractivity (Wildman–Crippen MR) is 116 cm³/mol. The van der Waals surface area contributed by atoms with Gasteiger partial charge in [0.15, 0.2) is 12.4 Å². The molecule has 0 spiro atoms. The van der Waals surface area contributed by atoms with Gasteiger partial charge in [-0.3, -0.25) is 14.5 Å². The van der Waals surface area contributed by atoms with Crippen LogP contribution in [0.25, 0.3) is 0 Å². The molecule has 6 nitrogen and oxygen atoms in total. The fourth-order valence-corrected chi connectivity index (χ4v) is 3.85. The lowest BCUT2D eigenvalue weighted by molar-refractivity contribution is -0.139. The van der Waals surface area contributed by atoms with Crippen molar-refractivity contribution < 1.29 is 23.5 Å². The van der Waals surface area contributed by atoms with E-state index in [0.717, 1.165) is 5.56 Å². The number of nitrogens with zero attached hydrogens (tertiary/aromatic N) is 2. The third-order valence-corrected chi connectivity index (χ3v) is 5.65. The largest absolute Gasteiger partial charge is 0.497 e. The molecule has 2 aromatic carbocycles. The molecule has 0 radical (unpaired) electrons. The number of carbonyl (C=O) groups excluding carboxylic acids is 2. The van der Waals surface area contributed by atoms with E-state index in [4.69, 9.17) is 9.47 Å². The van der Waals surface area contributed by atoms with E-state index in [1.165, 1.54) is 26.2 Å². The van der Waals surface area contributed by atoms with Crippen LogP contribution in [0.5, 0.6) is 11.5 Å². The summed E-state index contributed by atoms with van der Waals surface area (Å²) < 4.78 is 24.0. The van der Waals surface area contributed by atoms with E-state index in [9.17, 15) is 14.0 Å². The molecule has 1 aliphatic rings. The first-order valence-corrected chi connectivity index (χ1v) is 10.4. The van der Waals surface area contributed by atoms with Crippen LogP contribution in [0.4, 0.5) is 4.39 Å². The molecule has 0 saturated carbocycles. The number of Topliss-reactive ketones (excluding diaryl/α,β-unsaturated/α-hetero) is 1. The Balaban J connectivity index is 1.60. The van der Waals surface area contributed by atoms with Gasteiger partial charge < -0.3 is 14.4 Å². The van der Waals surface area contributed by atoms with E-state index in [1.54, 1.807) is 30.3 Å². The number of hydrogen-bond donors (Lipinski definition) is 0. The van der Waals surface area contributed by atoms with Crippen molar-refractivity contribution in [2.24, 2.45) is 0 Å². The quantitative estimate of drug-likeness (QED) is 0.632. The number of rotatable bonds is 7. The molecule has 3 rings (SSSR count). The van der Waals surface area contributed by atoms with Crippen LogP contribution in [0.1, 0.15) is 36.7 Å². The molecular weight excluding hydrogens is 399 g/mol. The lowest BCUT2D eigenvalue weighted by atomic mass is 10.1. The van der Waals surface area contributed by atoms with Gasteiger partial charge in [-0.25, -0.2) is 4.39 Å². The zero-order valence-corrected chi connectivity index (χ0v) is 18.4. The molecule has 1 aliphatic heterocycles. The van der Waals surface area contributed by atoms with E-state index < -0.39 is 0 Å². The SMILES string of the molecule is COc1ccc(OCC(=O)N2C[C@H](C)N(Cc3ccc(F)cc3)C[C@H]2C)c(C(C)=O)c1. The summed E-state index contributed by atoms with van der Waals surface area (Å²) in [6, 6.07) is 11.6. The average molecular weight is 429 g/mol. The topological polar surface area (TPSA) is 59.1 Å². The molecule has 0 unspecified atom stereocenters. The monoisotopic (exact) mass is 428 g/mol. The average Bonchev–Trinajstić information content (AvgIpc) is 2.75. The third kappa shape index (κ3) is 5.61. The van der Waals surface area contributed by atoms with Crippen LogP contribution in [-0.4, -0.2) is 60.4 Å². The summed E-state index contributed by atoms with van der Waals surface area (Å²) >= 11 is 0. The van der Waals surface area contributed by atoms with Crippen LogP contribution in [0.3, 0.4) is 0 Å². The van der Waals surface area contributed by atoms with Gasteiger partial charge in [0.1, 0.15) is 17.3 Å². The second-order valence-electron chi connectivity index (χ2n) is 8.01. The highest BCUT2D eigenvalue weighted by atomic mass is 19.1. The molecule has 1 fully saturated rings. The number of carbonyl (C=O) groups is 2. The first-order chi connectivity index (χ1) is 14.8. The highest BCUT2D eigenvalue weighted by Gasteiger charge is 2.32. The summed E-state index contributed by atoms with van der Waals surface area (Å²) in [5.74, 6) is 0.412. The lowest BCUT2D eigenvalue weighted by Gasteiger charge is -2.44. The summed E-state index contributed by atoms with van der Waals surface area (Å²) in [4.78, 5) is 28.9. The summed E-state index contributed by atoms with van der Waals surface area (Å²) in [6.07, 6.45) is 0. The van der Waals surface area contributed by atoms with Gasteiger partial charge in [-0.05, 0) is 56.7 Å². The van der Waals surface area contributed by atoms with Gasteiger partial charge in [-0.15, -0.1) is 0 Å². The molecule has 2 aromatic rings. The van der Waals surface area contributed by atoms with E-state index in [-0.39, 0.29) is 36.2 Å². The van der Waals surface area contributed by atoms with Gasteiger partial charge in [0.05, 0.1) is 12.7 Å². The maximum Gasteiger partial charge on any atom is 0.260 e. The van der Waals surface area contributed by atoms with Gasteiger partial charge in [0, 0.05) is 31.7 Å². The van der Waals surface area contributed by atoms with Crippen molar-refractivity contribution >= 4 is 11.7 Å². The Morgan fingerprint density at radius 2 is 1.77 bits per heavy atom. The van der Waals surface area contributed by atoms with Crippen molar-refractivity contribution in [1.82, 2.24) is 9.80 Å². The molecule has 1 amide bonds. The Morgan fingerprint density at radius 1 is 1.06 bits per heavy atom. The Bertz CT molecular complexity index is 932. The van der Waals surface area contributed by atoms with Gasteiger partial charge in [-0.2, -0.15) is 0 Å². The van der Waals surface area contributed by atoms with Crippen LogP contribution in [-0.2, 0) is 11.3 Å². The predicted octanol–water partition coefficient (Wildman–Crippen LogP) is 3.54. The van der Waals surface area contributed by atoms with Gasteiger partial charge in [0.25, 0.3) is 5.91 Å². The maximum atomic E-state index is 13.2. The number of ether oxygens (including phenoxy) is 2. The summed E-state index contributed by atoms with van der Waals surface area (Å²) in [5.41, 5.74) is 1.43. The van der Waals surface area contributed by atoms with Crippen LogP contribution in [0, 0.1) is 5.82 Å². The molecular formula is C24H29FN2O4. The first-order valence-electron chi connectivity index (χ1n) is 10.4. The smallest absolute Gasteiger partial charge is 0.260 e. The third-order valence-electron chi connectivity index (χ3n) is 5.65. The minimum Gasteiger partial charge on any atom is -0.497 e. The second-order valence-corrected chi connectivity index (χ2v) is 8.01. The highest BCUT2D eigenvalue weighted by molar-refractivity contribution is 5.97. The fourth-order valence-electron chi connectivity index (χ4n) is 3.85. The molecule has 31 heavy (non-hydrogen) atoms. The Hall–Kier alpha value is -2.93. The van der Waals surface area contributed by atoms with E-state index in [1.807, 2.05) is 11.8 Å². The minimum absolute atomic E-state index is 0.0101. The number of piperazine rings is 1. The highest BCUT2D eigenvalue weighted by Crippen LogP contribution is 2.25. The molecule has 0 N–H and O–H groups in total. The van der Waals surface area contributed by atoms with E-state index in [0.29, 0.717) is 36.7 Å². The number of hydrogen-bond acceptors (Lipinski definition) is 5. The zero-order valence-electron chi connectivity index (χ0n) is 18.4. The molecule has 1 saturated heterocycles. The Morgan fingerprint density at radius 3 is 2.42 bits per heavy atom. The molecule has 0 aromatic heterocycles. The van der Waals surface area contributed by atoms with Gasteiger partial charge in [-0.1, -0.05) is 12.1 Å². The summed E-state index contributed by atoms with van der Waals surface area (Å²) in [6.45, 7) is 7.40. The Kier molecular flexibility index (Phi) is 7.28. The van der Waals surface area contributed by atoms with Crippen molar-refractivity contribution in [1.29, 1.82) is 0 Å². The van der Waals surface area contributed by atoms with Crippen molar-refractivity contribution in [3.8, 4) is 11.5 Å². The molecule has 0 aliphatic carbocycles. The summed E-state index contributed by atoms with van der Waals surface area (Å²) in [5, 5.41) is 0. The molecule has 7 heteroatoms. The standard InChI is InChI=1S/C24H29FN2O4/c1-16-13-27(17(2)12-26(16)14-19-5-7-20(25)8-6-19)24(29)15-31-23-10-9-21(30-4)11-22(23)18(3)28/h5-11,16-17H,12-15H2,1-4H3/t16-,17+/m0/s1. The summed E-state index contributed by atoms with van der Waals surface area (Å²) in [7, 11) is 1.53. The lowest BCUT2D eigenvalue weighted by Crippen LogP contribution is -2.58. The molecule has 1 heterocycles. The normalized spacial score (nSPS) is 19.2. The molecule has 2 atom stereocenters. The van der Waals surface area contributed by atoms with Crippen molar-refractivity contribution in [2.45, 2.75) is 39.4 Å².